The van der Waals surface area contributed by atoms with Crippen molar-refractivity contribution in [3.05, 3.63) is 28.5 Å². The Morgan fingerprint density at radius 2 is 2.43 bits per heavy atom. The van der Waals surface area contributed by atoms with Crippen molar-refractivity contribution in [2.24, 2.45) is 12.9 Å². The van der Waals surface area contributed by atoms with E-state index in [1.807, 2.05) is 5.38 Å². The SMILES string of the molecule is Cn1ncc(C(NN)c2cscn2)n1. The summed E-state index contributed by atoms with van der Waals surface area (Å²) < 4.78 is 0. The maximum atomic E-state index is 5.44. The van der Waals surface area contributed by atoms with Crippen LogP contribution in [-0.4, -0.2) is 20.0 Å². The standard InChI is InChI=1S/C7H10N6S/c1-13-10-2-5(12-13)7(11-8)6-3-14-4-9-6/h2-4,7,11H,8H2,1H3. The highest BCUT2D eigenvalue weighted by molar-refractivity contribution is 7.07. The number of hydrogen-bond donors (Lipinski definition) is 2. The first-order chi connectivity index (χ1) is 6.81. The normalized spacial score (nSPS) is 13.0. The Bertz CT molecular complexity index is 394. The molecule has 0 aliphatic rings. The molecule has 14 heavy (non-hydrogen) atoms. The number of nitrogens with zero attached hydrogens (tertiary/aromatic N) is 4. The second-order valence-electron chi connectivity index (χ2n) is 2.77. The molecular weight excluding hydrogens is 200 g/mol. The van der Waals surface area contributed by atoms with E-state index in [1.165, 1.54) is 16.1 Å². The first kappa shape index (κ1) is 9.25. The Labute approximate surface area is 84.7 Å². The molecule has 0 amide bonds. The first-order valence-corrected chi connectivity index (χ1v) is 4.96. The van der Waals surface area contributed by atoms with Crippen LogP contribution in [-0.2, 0) is 7.05 Å². The summed E-state index contributed by atoms with van der Waals surface area (Å²) in [5.41, 5.74) is 6.05. The molecule has 7 heteroatoms. The van der Waals surface area contributed by atoms with Gasteiger partial charge in [0.25, 0.3) is 0 Å². The monoisotopic (exact) mass is 210 g/mol. The topological polar surface area (TPSA) is 81.7 Å². The fourth-order valence-electron chi connectivity index (χ4n) is 1.18. The Morgan fingerprint density at radius 1 is 1.57 bits per heavy atom. The molecule has 1 unspecified atom stereocenters. The molecule has 2 rings (SSSR count). The molecule has 0 aromatic carbocycles. The third-order valence-corrected chi connectivity index (χ3v) is 2.43. The summed E-state index contributed by atoms with van der Waals surface area (Å²) in [6.07, 6.45) is 1.67. The highest BCUT2D eigenvalue weighted by Gasteiger charge is 2.17. The Morgan fingerprint density at radius 3 is 2.93 bits per heavy atom. The summed E-state index contributed by atoms with van der Waals surface area (Å²) >= 11 is 1.52. The van der Waals surface area contributed by atoms with Crippen molar-refractivity contribution in [1.29, 1.82) is 0 Å². The number of nitrogens with two attached hydrogens (primary N) is 1. The highest BCUT2D eigenvalue weighted by Crippen LogP contribution is 2.18. The Balaban J connectivity index is 2.31. The van der Waals surface area contributed by atoms with Gasteiger partial charge in [-0.3, -0.25) is 5.84 Å². The molecule has 74 valence electrons. The molecule has 6 nitrogen and oxygen atoms in total. The van der Waals surface area contributed by atoms with Gasteiger partial charge in [-0.2, -0.15) is 15.0 Å². The summed E-state index contributed by atoms with van der Waals surface area (Å²) in [5.74, 6) is 5.44. The lowest BCUT2D eigenvalue weighted by Gasteiger charge is -2.08. The molecule has 0 saturated carbocycles. The lowest BCUT2D eigenvalue weighted by molar-refractivity contribution is 0.582. The number of rotatable bonds is 3. The van der Waals surface area contributed by atoms with E-state index in [1.54, 1.807) is 18.8 Å². The summed E-state index contributed by atoms with van der Waals surface area (Å²) in [7, 11) is 1.76. The predicted molar refractivity (Wildman–Crippen MR) is 52.3 cm³/mol. The molecule has 2 aromatic heterocycles. The van der Waals surface area contributed by atoms with Crippen LogP contribution in [0.2, 0.25) is 0 Å². The van der Waals surface area contributed by atoms with Gasteiger partial charge in [-0.25, -0.2) is 10.4 Å². The molecule has 0 aliphatic carbocycles. The fraction of sp³-hybridized carbons (Fsp3) is 0.286. The van der Waals surface area contributed by atoms with Crippen LogP contribution in [0.1, 0.15) is 17.4 Å². The second kappa shape index (κ2) is 3.82. The Kier molecular flexibility index (Phi) is 2.53. The van der Waals surface area contributed by atoms with E-state index in [-0.39, 0.29) is 6.04 Å². The lowest BCUT2D eigenvalue weighted by atomic mass is 10.2. The predicted octanol–water partition coefficient (Wildman–Crippen LogP) is -0.176. The Hall–Kier alpha value is -1.31. The third kappa shape index (κ3) is 1.65. The van der Waals surface area contributed by atoms with E-state index in [4.69, 9.17) is 5.84 Å². The number of hydrogen-bond acceptors (Lipinski definition) is 6. The molecule has 0 radical (unpaired) electrons. The number of aromatic nitrogens is 4. The molecule has 0 spiro atoms. The van der Waals surface area contributed by atoms with Crippen molar-refractivity contribution in [1.82, 2.24) is 25.4 Å². The van der Waals surface area contributed by atoms with Gasteiger partial charge in [-0.15, -0.1) is 11.3 Å². The van der Waals surface area contributed by atoms with E-state index in [2.05, 4.69) is 20.6 Å². The zero-order valence-electron chi connectivity index (χ0n) is 7.58. The van der Waals surface area contributed by atoms with Crippen LogP contribution >= 0.6 is 11.3 Å². The van der Waals surface area contributed by atoms with Crippen LogP contribution in [0, 0.1) is 0 Å². The molecule has 1 atom stereocenters. The average Bonchev–Trinajstić information content (AvgIpc) is 2.79. The fourth-order valence-corrected chi connectivity index (χ4v) is 1.76. The van der Waals surface area contributed by atoms with Gasteiger partial charge in [-0.05, 0) is 0 Å². The summed E-state index contributed by atoms with van der Waals surface area (Å²) in [6.45, 7) is 0. The van der Waals surface area contributed by atoms with Crippen molar-refractivity contribution < 1.29 is 0 Å². The van der Waals surface area contributed by atoms with Crippen LogP contribution < -0.4 is 11.3 Å². The first-order valence-electron chi connectivity index (χ1n) is 4.01. The largest absolute Gasteiger partial charge is 0.270 e. The van der Waals surface area contributed by atoms with Gasteiger partial charge in [0, 0.05) is 12.4 Å². The van der Waals surface area contributed by atoms with Crippen molar-refractivity contribution in [2.45, 2.75) is 6.04 Å². The van der Waals surface area contributed by atoms with Crippen LogP contribution in [0.25, 0.3) is 0 Å². The average molecular weight is 210 g/mol. The van der Waals surface area contributed by atoms with Crippen LogP contribution in [0.5, 0.6) is 0 Å². The minimum absolute atomic E-state index is 0.185. The quantitative estimate of drug-likeness (QED) is 0.542. The van der Waals surface area contributed by atoms with E-state index in [0.29, 0.717) is 0 Å². The van der Waals surface area contributed by atoms with Gasteiger partial charge < -0.3 is 0 Å². The smallest absolute Gasteiger partial charge is 0.109 e. The second-order valence-corrected chi connectivity index (χ2v) is 3.49. The lowest BCUT2D eigenvalue weighted by Crippen LogP contribution is -2.29. The summed E-state index contributed by atoms with van der Waals surface area (Å²) in [5, 5.41) is 10.1. The number of thiazole rings is 1. The molecule has 3 N–H and O–H groups in total. The molecule has 2 heterocycles. The van der Waals surface area contributed by atoms with Crippen LogP contribution in [0.15, 0.2) is 17.1 Å². The minimum atomic E-state index is -0.185. The number of hydrazine groups is 1. The summed E-state index contributed by atoms with van der Waals surface area (Å²) in [6, 6.07) is -0.185. The summed E-state index contributed by atoms with van der Waals surface area (Å²) in [4.78, 5) is 5.66. The van der Waals surface area contributed by atoms with Gasteiger partial charge in [0.2, 0.25) is 0 Å². The maximum Gasteiger partial charge on any atom is 0.109 e. The zero-order chi connectivity index (χ0) is 9.97. The molecule has 0 saturated heterocycles. The molecule has 2 aromatic rings. The van der Waals surface area contributed by atoms with Gasteiger partial charge in [0.15, 0.2) is 0 Å². The molecule has 0 aliphatic heterocycles. The van der Waals surface area contributed by atoms with E-state index >= 15 is 0 Å². The maximum absolute atomic E-state index is 5.44. The van der Waals surface area contributed by atoms with Crippen molar-refractivity contribution in [3.8, 4) is 0 Å². The van der Waals surface area contributed by atoms with E-state index in [0.717, 1.165) is 11.4 Å². The number of nitrogens with one attached hydrogen (secondary N) is 1. The molecular formula is C7H10N6S. The highest BCUT2D eigenvalue weighted by atomic mass is 32.1. The van der Waals surface area contributed by atoms with Crippen LogP contribution in [0.3, 0.4) is 0 Å². The third-order valence-electron chi connectivity index (χ3n) is 1.83. The van der Waals surface area contributed by atoms with Gasteiger partial charge in [0.1, 0.15) is 11.7 Å². The van der Waals surface area contributed by atoms with Crippen LogP contribution in [0.4, 0.5) is 0 Å². The van der Waals surface area contributed by atoms with Gasteiger partial charge >= 0.3 is 0 Å². The number of aryl methyl sites for hydroxylation is 1. The van der Waals surface area contributed by atoms with Gasteiger partial charge in [0.05, 0.1) is 17.4 Å². The van der Waals surface area contributed by atoms with Crippen molar-refractivity contribution in [3.63, 3.8) is 0 Å². The van der Waals surface area contributed by atoms with Crippen molar-refractivity contribution >= 4 is 11.3 Å². The minimum Gasteiger partial charge on any atom is -0.270 e. The van der Waals surface area contributed by atoms with Crippen molar-refractivity contribution in [2.75, 3.05) is 0 Å². The zero-order valence-corrected chi connectivity index (χ0v) is 8.40. The van der Waals surface area contributed by atoms with Gasteiger partial charge in [-0.1, -0.05) is 0 Å². The molecule has 0 fully saturated rings. The molecule has 0 bridgehead atoms. The van der Waals surface area contributed by atoms with E-state index < -0.39 is 0 Å². The van der Waals surface area contributed by atoms with E-state index in [9.17, 15) is 0 Å².